The molecule has 0 fully saturated rings. The highest BCUT2D eigenvalue weighted by Gasteiger charge is 2.21. The number of halogens is 1. The molecule has 0 atom stereocenters. The molecule has 94 valence electrons. The third-order valence-corrected chi connectivity index (χ3v) is 3.26. The molecule has 0 saturated heterocycles. The molecule has 0 radical (unpaired) electrons. The molecule has 2 rings (SSSR count). The molecule has 0 amide bonds. The van der Waals surface area contributed by atoms with Gasteiger partial charge in [0.15, 0.2) is 11.4 Å². The minimum atomic E-state index is -0.146. The number of hydrogen-bond donors (Lipinski definition) is 0. The number of benzene rings is 1. The molecule has 0 aliphatic heterocycles. The first-order valence-corrected chi connectivity index (χ1v) is 5.80. The predicted molar refractivity (Wildman–Crippen MR) is 69.4 cm³/mol. The molecule has 4 nitrogen and oxygen atoms in total. The van der Waals surface area contributed by atoms with Gasteiger partial charge in [0.2, 0.25) is 5.78 Å². The maximum atomic E-state index is 12.5. The van der Waals surface area contributed by atoms with E-state index >= 15 is 0 Å². The van der Waals surface area contributed by atoms with Crippen molar-refractivity contribution >= 4 is 17.4 Å². The monoisotopic (exact) mass is 264 g/mol. The highest BCUT2D eigenvalue weighted by Crippen LogP contribution is 2.25. The summed E-state index contributed by atoms with van der Waals surface area (Å²) in [7, 11) is 3.22. The van der Waals surface area contributed by atoms with Crippen molar-refractivity contribution in [1.29, 1.82) is 0 Å². The summed E-state index contributed by atoms with van der Waals surface area (Å²) in [4.78, 5) is 12.5. The summed E-state index contributed by atoms with van der Waals surface area (Å²) in [6, 6.07) is 5.26. The number of rotatable bonds is 3. The zero-order chi connectivity index (χ0) is 13.3. The predicted octanol–water partition coefficient (Wildman–Crippen LogP) is 2.62. The Kier molecular flexibility index (Phi) is 3.39. The van der Waals surface area contributed by atoms with Gasteiger partial charge in [0.05, 0.1) is 13.3 Å². The maximum absolute atomic E-state index is 12.5. The van der Waals surface area contributed by atoms with E-state index < -0.39 is 0 Å². The summed E-state index contributed by atoms with van der Waals surface area (Å²) in [5, 5.41) is 4.60. The molecule has 2 aromatic rings. The zero-order valence-corrected chi connectivity index (χ0v) is 11.2. The van der Waals surface area contributed by atoms with Crippen LogP contribution in [-0.2, 0) is 7.05 Å². The van der Waals surface area contributed by atoms with Crippen LogP contribution in [0.4, 0.5) is 0 Å². The van der Waals surface area contributed by atoms with Gasteiger partial charge in [0, 0.05) is 17.6 Å². The van der Waals surface area contributed by atoms with Gasteiger partial charge in [0.25, 0.3) is 0 Å². The maximum Gasteiger partial charge on any atom is 0.215 e. The van der Waals surface area contributed by atoms with E-state index in [2.05, 4.69) is 5.10 Å². The Morgan fingerprint density at radius 2 is 2.17 bits per heavy atom. The van der Waals surface area contributed by atoms with Gasteiger partial charge in [-0.2, -0.15) is 5.10 Å². The van der Waals surface area contributed by atoms with Gasteiger partial charge in [-0.25, -0.2) is 0 Å². The van der Waals surface area contributed by atoms with Crippen LogP contribution >= 0.6 is 11.6 Å². The van der Waals surface area contributed by atoms with Crippen molar-refractivity contribution < 1.29 is 9.53 Å². The fourth-order valence-electron chi connectivity index (χ4n) is 1.81. The Morgan fingerprint density at radius 1 is 1.44 bits per heavy atom. The topological polar surface area (TPSA) is 44.1 Å². The molecule has 5 heteroatoms. The lowest BCUT2D eigenvalue weighted by Gasteiger charge is -2.08. The van der Waals surface area contributed by atoms with E-state index in [0.717, 1.165) is 5.56 Å². The minimum Gasteiger partial charge on any atom is -0.493 e. The number of hydrogen-bond acceptors (Lipinski definition) is 3. The number of ether oxygens (including phenoxy) is 1. The van der Waals surface area contributed by atoms with Crippen LogP contribution in [0.3, 0.4) is 0 Å². The lowest BCUT2D eigenvalue weighted by Crippen LogP contribution is -2.11. The highest BCUT2D eigenvalue weighted by atomic mass is 35.5. The standard InChI is InChI=1S/C13H13ClN2O2/c1-8-9(5-4-6-10(8)14)13(17)12-11(18-3)7-15-16(12)2/h4-7H,1-3H3. The number of carbonyl (C=O) groups excluding carboxylic acids is 1. The van der Waals surface area contributed by atoms with E-state index in [1.807, 2.05) is 6.92 Å². The summed E-state index contributed by atoms with van der Waals surface area (Å²) in [5.41, 5.74) is 1.74. The van der Waals surface area contributed by atoms with Crippen LogP contribution in [0, 0.1) is 6.92 Å². The number of nitrogens with zero attached hydrogens (tertiary/aromatic N) is 2. The lowest BCUT2D eigenvalue weighted by molar-refractivity contribution is 0.102. The van der Waals surface area contributed by atoms with Crippen LogP contribution in [0.15, 0.2) is 24.4 Å². The molecule has 0 N–H and O–H groups in total. The molecule has 0 spiro atoms. The van der Waals surface area contributed by atoms with Crippen LogP contribution in [0.2, 0.25) is 5.02 Å². The van der Waals surface area contributed by atoms with Gasteiger partial charge >= 0.3 is 0 Å². The van der Waals surface area contributed by atoms with Crippen LogP contribution in [-0.4, -0.2) is 22.7 Å². The number of methoxy groups -OCH3 is 1. The van der Waals surface area contributed by atoms with Crippen molar-refractivity contribution in [3.05, 3.63) is 46.2 Å². The summed E-state index contributed by atoms with van der Waals surface area (Å²) < 4.78 is 6.64. The second kappa shape index (κ2) is 4.82. The molecular weight excluding hydrogens is 252 g/mol. The van der Waals surface area contributed by atoms with Gasteiger partial charge < -0.3 is 4.74 Å². The highest BCUT2D eigenvalue weighted by molar-refractivity contribution is 6.32. The van der Waals surface area contributed by atoms with Crippen molar-refractivity contribution in [2.75, 3.05) is 7.11 Å². The number of ketones is 1. The largest absolute Gasteiger partial charge is 0.493 e. The van der Waals surface area contributed by atoms with Crippen LogP contribution < -0.4 is 4.74 Å². The number of aryl methyl sites for hydroxylation is 1. The molecule has 0 saturated carbocycles. The number of carbonyl (C=O) groups is 1. The Morgan fingerprint density at radius 3 is 2.83 bits per heavy atom. The summed E-state index contributed by atoms with van der Waals surface area (Å²) in [5.74, 6) is 0.314. The fraction of sp³-hybridized carbons (Fsp3) is 0.231. The van der Waals surface area contributed by atoms with Gasteiger partial charge in [-0.1, -0.05) is 23.7 Å². The van der Waals surface area contributed by atoms with Crippen molar-refractivity contribution in [3.8, 4) is 5.75 Å². The molecule has 0 aliphatic rings. The Bertz CT molecular complexity index is 605. The summed E-state index contributed by atoms with van der Waals surface area (Å²) in [6.45, 7) is 1.82. The first-order valence-electron chi connectivity index (χ1n) is 5.42. The average Bonchev–Trinajstić information content (AvgIpc) is 2.73. The normalized spacial score (nSPS) is 10.4. The second-order valence-electron chi connectivity index (χ2n) is 3.93. The third kappa shape index (κ3) is 1.99. The molecule has 0 unspecified atom stereocenters. The second-order valence-corrected chi connectivity index (χ2v) is 4.33. The smallest absolute Gasteiger partial charge is 0.215 e. The zero-order valence-electron chi connectivity index (χ0n) is 10.4. The molecule has 1 heterocycles. The van der Waals surface area contributed by atoms with Crippen LogP contribution in [0.5, 0.6) is 5.75 Å². The molecule has 18 heavy (non-hydrogen) atoms. The summed E-state index contributed by atoms with van der Waals surface area (Å²) >= 11 is 6.03. The van der Waals surface area contributed by atoms with E-state index in [1.54, 1.807) is 25.2 Å². The molecule has 1 aromatic carbocycles. The minimum absolute atomic E-state index is 0.146. The Hall–Kier alpha value is -1.81. The first-order chi connectivity index (χ1) is 8.56. The fourth-order valence-corrected chi connectivity index (χ4v) is 1.98. The van der Waals surface area contributed by atoms with Gasteiger partial charge in [-0.15, -0.1) is 0 Å². The van der Waals surface area contributed by atoms with Crippen LogP contribution in [0.25, 0.3) is 0 Å². The Labute approximate surface area is 110 Å². The average molecular weight is 265 g/mol. The van der Waals surface area contributed by atoms with Crippen molar-refractivity contribution in [1.82, 2.24) is 9.78 Å². The van der Waals surface area contributed by atoms with Crippen LogP contribution in [0.1, 0.15) is 21.6 Å². The van der Waals surface area contributed by atoms with E-state index in [4.69, 9.17) is 16.3 Å². The molecule has 0 bridgehead atoms. The van der Waals surface area contributed by atoms with E-state index in [0.29, 0.717) is 22.0 Å². The Balaban J connectivity index is 2.55. The number of aromatic nitrogens is 2. The van der Waals surface area contributed by atoms with Crippen molar-refractivity contribution in [2.24, 2.45) is 7.05 Å². The third-order valence-electron chi connectivity index (χ3n) is 2.85. The van der Waals surface area contributed by atoms with Gasteiger partial charge in [0.1, 0.15) is 0 Å². The summed E-state index contributed by atoms with van der Waals surface area (Å²) in [6.07, 6.45) is 1.52. The van der Waals surface area contributed by atoms with E-state index in [1.165, 1.54) is 18.0 Å². The van der Waals surface area contributed by atoms with E-state index in [9.17, 15) is 4.79 Å². The van der Waals surface area contributed by atoms with Gasteiger partial charge in [-0.3, -0.25) is 9.48 Å². The van der Waals surface area contributed by atoms with Crippen molar-refractivity contribution in [2.45, 2.75) is 6.92 Å². The van der Waals surface area contributed by atoms with Gasteiger partial charge in [-0.05, 0) is 18.6 Å². The first kappa shape index (κ1) is 12.6. The molecular formula is C13H13ClN2O2. The lowest BCUT2D eigenvalue weighted by atomic mass is 10.0. The quantitative estimate of drug-likeness (QED) is 0.801. The molecule has 1 aromatic heterocycles. The van der Waals surface area contributed by atoms with Crippen molar-refractivity contribution in [3.63, 3.8) is 0 Å². The SMILES string of the molecule is COc1cnn(C)c1C(=O)c1cccc(Cl)c1C. The van der Waals surface area contributed by atoms with E-state index in [-0.39, 0.29) is 5.78 Å². The molecule has 0 aliphatic carbocycles.